The molecule has 2 heterocycles. The average molecular weight is 243 g/mol. The molecule has 0 unspecified atom stereocenters. The van der Waals surface area contributed by atoms with E-state index in [4.69, 9.17) is 4.74 Å². The summed E-state index contributed by atoms with van der Waals surface area (Å²) in [5.74, 6) is 0.797. The highest BCUT2D eigenvalue weighted by Crippen LogP contribution is 2.09. The van der Waals surface area contributed by atoms with Crippen molar-refractivity contribution in [1.29, 1.82) is 0 Å². The Hall–Kier alpha value is -1.94. The summed E-state index contributed by atoms with van der Waals surface area (Å²) in [6.07, 6.45) is 4.35. The number of pyridine rings is 2. The van der Waals surface area contributed by atoms with Gasteiger partial charge in [-0.25, -0.2) is 0 Å². The zero-order chi connectivity index (χ0) is 12.6. The van der Waals surface area contributed by atoms with Gasteiger partial charge in [0, 0.05) is 24.9 Å². The molecule has 0 aliphatic rings. The second-order valence-corrected chi connectivity index (χ2v) is 3.94. The van der Waals surface area contributed by atoms with Gasteiger partial charge in [-0.05, 0) is 31.3 Å². The van der Waals surface area contributed by atoms with Crippen LogP contribution in [0.3, 0.4) is 0 Å². The number of nitrogens with zero attached hydrogens (tertiary/aromatic N) is 2. The fraction of sp³-hybridized carbons (Fsp3) is 0.286. The Morgan fingerprint density at radius 2 is 2.06 bits per heavy atom. The fourth-order valence-electron chi connectivity index (χ4n) is 1.60. The van der Waals surface area contributed by atoms with E-state index in [0.29, 0.717) is 6.61 Å². The van der Waals surface area contributed by atoms with E-state index in [1.165, 1.54) is 0 Å². The molecular formula is C14H17N3O. The van der Waals surface area contributed by atoms with Crippen molar-refractivity contribution in [1.82, 2.24) is 15.3 Å². The molecule has 0 saturated carbocycles. The number of hydrogen-bond acceptors (Lipinski definition) is 4. The summed E-state index contributed by atoms with van der Waals surface area (Å²) in [6.45, 7) is 1.39. The normalized spacial score (nSPS) is 10.3. The van der Waals surface area contributed by atoms with Gasteiger partial charge in [0.05, 0.1) is 18.5 Å². The molecule has 4 nitrogen and oxygen atoms in total. The van der Waals surface area contributed by atoms with Gasteiger partial charge in [-0.2, -0.15) is 0 Å². The fourth-order valence-corrected chi connectivity index (χ4v) is 1.60. The van der Waals surface area contributed by atoms with Crippen molar-refractivity contribution in [3.05, 3.63) is 54.1 Å². The molecule has 2 aromatic rings. The lowest BCUT2D eigenvalue weighted by molar-refractivity contribution is 0.319. The van der Waals surface area contributed by atoms with Crippen LogP contribution < -0.4 is 10.1 Å². The lowest BCUT2D eigenvalue weighted by atomic mass is 10.3. The van der Waals surface area contributed by atoms with E-state index in [-0.39, 0.29) is 0 Å². The van der Waals surface area contributed by atoms with Gasteiger partial charge in [-0.1, -0.05) is 6.07 Å². The molecule has 0 fully saturated rings. The predicted molar refractivity (Wildman–Crippen MR) is 70.4 cm³/mol. The van der Waals surface area contributed by atoms with Crippen LogP contribution in [0.5, 0.6) is 5.75 Å². The molecule has 4 heteroatoms. The first-order valence-corrected chi connectivity index (χ1v) is 6.01. The molecule has 1 N–H and O–H groups in total. The first kappa shape index (κ1) is 12.5. The smallest absolute Gasteiger partial charge is 0.137 e. The molecule has 0 aliphatic carbocycles. The second-order valence-electron chi connectivity index (χ2n) is 3.94. The van der Waals surface area contributed by atoms with Crippen LogP contribution in [0.4, 0.5) is 0 Å². The van der Waals surface area contributed by atoms with E-state index >= 15 is 0 Å². The average Bonchev–Trinajstić information content (AvgIpc) is 2.42. The van der Waals surface area contributed by atoms with E-state index in [1.54, 1.807) is 12.4 Å². The topological polar surface area (TPSA) is 47.0 Å². The monoisotopic (exact) mass is 243 g/mol. The van der Waals surface area contributed by atoms with E-state index < -0.39 is 0 Å². The molecule has 0 bridgehead atoms. The van der Waals surface area contributed by atoms with Gasteiger partial charge in [-0.15, -0.1) is 0 Å². The van der Waals surface area contributed by atoms with Gasteiger partial charge in [0.15, 0.2) is 0 Å². The third-order valence-corrected chi connectivity index (χ3v) is 2.51. The van der Waals surface area contributed by atoms with E-state index in [2.05, 4.69) is 15.3 Å². The summed E-state index contributed by atoms with van der Waals surface area (Å²) in [7, 11) is 1.90. The van der Waals surface area contributed by atoms with Crippen LogP contribution in [0.25, 0.3) is 0 Å². The van der Waals surface area contributed by atoms with E-state index in [1.807, 2.05) is 37.4 Å². The molecule has 94 valence electrons. The van der Waals surface area contributed by atoms with Crippen LogP contribution in [-0.2, 0) is 13.0 Å². The number of aromatic nitrogens is 2. The van der Waals surface area contributed by atoms with Crippen LogP contribution in [-0.4, -0.2) is 23.6 Å². The Morgan fingerprint density at radius 3 is 2.72 bits per heavy atom. The molecular weight excluding hydrogens is 226 g/mol. The first-order chi connectivity index (χ1) is 8.88. The molecule has 0 aromatic carbocycles. The number of rotatable bonds is 6. The van der Waals surface area contributed by atoms with Gasteiger partial charge in [-0.3, -0.25) is 9.97 Å². The van der Waals surface area contributed by atoms with Crippen molar-refractivity contribution in [3.63, 3.8) is 0 Å². The maximum absolute atomic E-state index is 5.62. The zero-order valence-electron chi connectivity index (χ0n) is 10.5. The van der Waals surface area contributed by atoms with E-state index in [9.17, 15) is 0 Å². The number of ether oxygens (including phenoxy) is 1. The highest BCUT2D eigenvalue weighted by Gasteiger charge is 1.97. The molecule has 0 saturated heterocycles. The van der Waals surface area contributed by atoms with Crippen molar-refractivity contribution in [2.24, 2.45) is 0 Å². The van der Waals surface area contributed by atoms with Crippen molar-refractivity contribution >= 4 is 0 Å². The Bertz CT molecular complexity index is 456. The summed E-state index contributed by atoms with van der Waals surface area (Å²) in [5.41, 5.74) is 2.05. The molecule has 2 aromatic heterocycles. The highest BCUT2D eigenvalue weighted by molar-refractivity contribution is 5.19. The Morgan fingerprint density at radius 1 is 1.11 bits per heavy atom. The van der Waals surface area contributed by atoms with Crippen molar-refractivity contribution in [3.8, 4) is 5.75 Å². The minimum Gasteiger partial charge on any atom is -0.492 e. The zero-order valence-corrected chi connectivity index (χ0v) is 10.5. The van der Waals surface area contributed by atoms with Gasteiger partial charge in [0.25, 0.3) is 0 Å². The molecule has 0 atom stereocenters. The Labute approximate surface area is 107 Å². The molecule has 0 aliphatic heterocycles. The summed E-state index contributed by atoms with van der Waals surface area (Å²) < 4.78 is 5.62. The first-order valence-electron chi connectivity index (χ1n) is 6.01. The minimum atomic E-state index is 0.615. The molecule has 0 radical (unpaired) electrons. The lowest BCUT2D eigenvalue weighted by Gasteiger charge is -2.06. The summed E-state index contributed by atoms with van der Waals surface area (Å²) >= 11 is 0. The van der Waals surface area contributed by atoms with E-state index in [0.717, 1.165) is 30.1 Å². The van der Waals surface area contributed by atoms with Gasteiger partial charge < -0.3 is 10.1 Å². The summed E-state index contributed by atoms with van der Waals surface area (Å²) in [5, 5.41) is 3.06. The van der Waals surface area contributed by atoms with Crippen LogP contribution in [0.1, 0.15) is 11.4 Å². The standard InChI is InChI=1S/C14H17N3O/c1-15-10-13-5-6-14(11-17-13)18-9-7-12-4-2-3-8-16-12/h2-6,8,11,15H,7,9-10H2,1H3. The van der Waals surface area contributed by atoms with Crippen molar-refractivity contribution in [2.75, 3.05) is 13.7 Å². The summed E-state index contributed by atoms with van der Waals surface area (Å²) in [6, 6.07) is 9.80. The lowest BCUT2D eigenvalue weighted by Crippen LogP contribution is -2.07. The Kier molecular flexibility index (Phi) is 4.67. The maximum Gasteiger partial charge on any atom is 0.137 e. The predicted octanol–water partition coefficient (Wildman–Crippen LogP) is 1.82. The number of hydrogen-bond donors (Lipinski definition) is 1. The quantitative estimate of drug-likeness (QED) is 0.840. The summed E-state index contributed by atoms with van der Waals surface area (Å²) in [4.78, 5) is 8.54. The van der Waals surface area contributed by atoms with Crippen molar-refractivity contribution in [2.45, 2.75) is 13.0 Å². The minimum absolute atomic E-state index is 0.615. The SMILES string of the molecule is CNCc1ccc(OCCc2ccccn2)cn1. The molecule has 0 spiro atoms. The van der Waals surface area contributed by atoms with Crippen LogP contribution in [0.15, 0.2) is 42.7 Å². The molecule has 18 heavy (non-hydrogen) atoms. The van der Waals surface area contributed by atoms with Gasteiger partial charge in [0.2, 0.25) is 0 Å². The second kappa shape index (κ2) is 6.71. The van der Waals surface area contributed by atoms with Gasteiger partial charge in [0.1, 0.15) is 5.75 Å². The largest absolute Gasteiger partial charge is 0.492 e. The molecule has 2 rings (SSSR count). The molecule has 0 amide bonds. The third-order valence-electron chi connectivity index (χ3n) is 2.51. The third kappa shape index (κ3) is 3.82. The highest BCUT2D eigenvalue weighted by atomic mass is 16.5. The van der Waals surface area contributed by atoms with Crippen molar-refractivity contribution < 1.29 is 4.74 Å². The Balaban J connectivity index is 1.80. The van der Waals surface area contributed by atoms with Crippen LogP contribution >= 0.6 is 0 Å². The van der Waals surface area contributed by atoms with Gasteiger partial charge >= 0.3 is 0 Å². The van der Waals surface area contributed by atoms with Crippen LogP contribution in [0, 0.1) is 0 Å². The number of nitrogens with one attached hydrogen (secondary N) is 1. The van der Waals surface area contributed by atoms with Crippen LogP contribution in [0.2, 0.25) is 0 Å². The maximum atomic E-state index is 5.62.